The Hall–Kier alpha value is -3.32. The van der Waals surface area contributed by atoms with Crippen LogP contribution in [0.25, 0.3) is 0 Å². The summed E-state index contributed by atoms with van der Waals surface area (Å²) in [5.41, 5.74) is 3.61. The van der Waals surface area contributed by atoms with Crippen molar-refractivity contribution < 1.29 is 19.1 Å². The van der Waals surface area contributed by atoms with Gasteiger partial charge in [-0.1, -0.05) is 51.5 Å². The van der Waals surface area contributed by atoms with E-state index in [4.69, 9.17) is 9.47 Å². The van der Waals surface area contributed by atoms with Gasteiger partial charge in [0.25, 0.3) is 5.91 Å². The summed E-state index contributed by atoms with van der Waals surface area (Å²) in [6.07, 6.45) is 3.85. The SMILES string of the molecule is CCOc1cc([C@H]2NC(=O)c3c(sc4c3CC[C@H](C(C)(C)CC)C4)N2)ccc1OC(=O)c1ccccc1. The predicted molar refractivity (Wildman–Crippen MR) is 147 cm³/mol. The second-order valence-electron chi connectivity index (χ2n) is 10.4. The maximum atomic E-state index is 13.3. The van der Waals surface area contributed by atoms with Crippen molar-refractivity contribution in [1.82, 2.24) is 5.32 Å². The number of benzene rings is 2. The van der Waals surface area contributed by atoms with Crippen LogP contribution in [0.2, 0.25) is 0 Å². The summed E-state index contributed by atoms with van der Waals surface area (Å²) in [7, 11) is 0. The Bertz CT molecular complexity index is 1310. The third-order valence-corrected chi connectivity index (χ3v) is 9.06. The Morgan fingerprint density at radius 3 is 2.59 bits per heavy atom. The van der Waals surface area contributed by atoms with Crippen LogP contribution in [-0.2, 0) is 12.8 Å². The monoisotopic (exact) mass is 518 g/mol. The molecular weight excluding hydrogens is 484 g/mol. The van der Waals surface area contributed by atoms with Gasteiger partial charge < -0.3 is 20.1 Å². The molecule has 2 N–H and O–H groups in total. The van der Waals surface area contributed by atoms with Gasteiger partial charge in [0.05, 0.1) is 17.7 Å². The second-order valence-corrected chi connectivity index (χ2v) is 11.5. The van der Waals surface area contributed by atoms with E-state index in [1.54, 1.807) is 41.7 Å². The normalized spacial score (nSPS) is 18.8. The average Bonchev–Trinajstić information content (AvgIpc) is 3.28. The fourth-order valence-electron chi connectivity index (χ4n) is 5.21. The number of carbonyl (C=O) groups is 2. The van der Waals surface area contributed by atoms with Crippen LogP contribution in [-0.4, -0.2) is 18.5 Å². The quantitative estimate of drug-likeness (QED) is 0.267. The lowest BCUT2D eigenvalue weighted by atomic mass is 9.69. The summed E-state index contributed by atoms with van der Waals surface area (Å²) in [6, 6.07) is 14.3. The van der Waals surface area contributed by atoms with Crippen LogP contribution in [0.15, 0.2) is 48.5 Å². The van der Waals surface area contributed by atoms with Gasteiger partial charge in [0, 0.05) is 4.88 Å². The number of hydrogen-bond donors (Lipinski definition) is 2. The highest BCUT2D eigenvalue weighted by molar-refractivity contribution is 7.16. The molecule has 3 aromatic rings. The molecule has 2 aliphatic rings. The minimum Gasteiger partial charge on any atom is -0.490 e. The van der Waals surface area contributed by atoms with Gasteiger partial charge in [0.2, 0.25) is 0 Å². The van der Waals surface area contributed by atoms with E-state index >= 15 is 0 Å². The largest absolute Gasteiger partial charge is 0.490 e. The average molecular weight is 519 g/mol. The molecule has 37 heavy (non-hydrogen) atoms. The fraction of sp³-hybridized carbons (Fsp3) is 0.400. The zero-order chi connectivity index (χ0) is 26.2. The number of ether oxygens (including phenoxy) is 2. The topological polar surface area (TPSA) is 76.7 Å². The third kappa shape index (κ3) is 4.97. The van der Waals surface area contributed by atoms with E-state index in [0.29, 0.717) is 35.0 Å². The Labute approximate surface area is 222 Å². The summed E-state index contributed by atoms with van der Waals surface area (Å²) in [5, 5.41) is 7.61. The molecule has 2 atom stereocenters. The highest BCUT2D eigenvalue weighted by Gasteiger charge is 2.37. The van der Waals surface area contributed by atoms with Crippen molar-refractivity contribution in [3.63, 3.8) is 0 Å². The van der Waals surface area contributed by atoms with Crippen LogP contribution in [0.3, 0.4) is 0 Å². The van der Waals surface area contributed by atoms with E-state index in [1.165, 1.54) is 10.4 Å². The maximum absolute atomic E-state index is 13.3. The smallest absolute Gasteiger partial charge is 0.343 e. The van der Waals surface area contributed by atoms with E-state index in [9.17, 15) is 9.59 Å². The lowest BCUT2D eigenvalue weighted by Gasteiger charge is -2.36. The van der Waals surface area contributed by atoms with Crippen molar-refractivity contribution in [3.05, 3.63) is 75.7 Å². The van der Waals surface area contributed by atoms with Crippen molar-refractivity contribution >= 4 is 28.2 Å². The third-order valence-electron chi connectivity index (χ3n) is 7.87. The summed E-state index contributed by atoms with van der Waals surface area (Å²) >= 11 is 1.72. The number of carbonyl (C=O) groups excluding carboxylic acids is 2. The number of anilines is 1. The fourth-order valence-corrected chi connectivity index (χ4v) is 6.56. The lowest BCUT2D eigenvalue weighted by molar-refractivity contribution is 0.0728. The van der Waals surface area contributed by atoms with E-state index in [1.807, 2.05) is 25.1 Å². The van der Waals surface area contributed by atoms with Crippen LogP contribution in [0.4, 0.5) is 5.00 Å². The molecule has 2 heterocycles. The molecule has 2 aromatic carbocycles. The van der Waals surface area contributed by atoms with Crippen LogP contribution >= 0.6 is 11.3 Å². The number of rotatable bonds is 7. The molecule has 1 aromatic heterocycles. The minimum absolute atomic E-state index is 0.0398. The van der Waals surface area contributed by atoms with Crippen LogP contribution in [0.1, 0.15) is 83.4 Å². The number of nitrogens with one attached hydrogen (secondary N) is 2. The molecule has 7 heteroatoms. The first-order chi connectivity index (χ1) is 17.8. The highest BCUT2D eigenvalue weighted by Crippen LogP contribution is 2.47. The summed E-state index contributed by atoms with van der Waals surface area (Å²) < 4.78 is 11.4. The summed E-state index contributed by atoms with van der Waals surface area (Å²) in [4.78, 5) is 27.2. The first-order valence-corrected chi connectivity index (χ1v) is 13.9. The Morgan fingerprint density at radius 1 is 1.08 bits per heavy atom. The van der Waals surface area contributed by atoms with Crippen molar-refractivity contribution in [2.24, 2.45) is 11.3 Å². The molecule has 5 rings (SSSR count). The Balaban J connectivity index is 1.38. The summed E-state index contributed by atoms with van der Waals surface area (Å²) in [5.74, 6) is 0.947. The number of fused-ring (bicyclic) bond motifs is 3. The Morgan fingerprint density at radius 2 is 1.86 bits per heavy atom. The van der Waals surface area contributed by atoms with Crippen molar-refractivity contribution in [2.75, 3.05) is 11.9 Å². The van der Waals surface area contributed by atoms with Crippen molar-refractivity contribution in [1.29, 1.82) is 0 Å². The molecular formula is C30H34N2O4S. The summed E-state index contributed by atoms with van der Waals surface area (Å²) in [6.45, 7) is 9.27. The van der Waals surface area contributed by atoms with Gasteiger partial charge >= 0.3 is 5.97 Å². The highest BCUT2D eigenvalue weighted by atomic mass is 32.1. The lowest BCUT2D eigenvalue weighted by Crippen LogP contribution is -2.38. The molecule has 0 saturated heterocycles. The molecule has 0 saturated carbocycles. The van der Waals surface area contributed by atoms with Gasteiger partial charge in [-0.3, -0.25) is 4.79 Å². The van der Waals surface area contributed by atoms with E-state index in [0.717, 1.165) is 41.8 Å². The number of thiophene rings is 1. The number of hydrogen-bond acceptors (Lipinski definition) is 6. The number of amides is 1. The first kappa shape index (κ1) is 25.3. The molecule has 194 valence electrons. The second kappa shape index (κ2) is 10.2. The van der Waals surface area contributed by atoms with Gasteiger partial charge in [-0.25, -0.2) is 4.79 Å². The van der Waals surface area contributed by atoms with Gasteiger partial charge in [-0.05, 0) is 72.9 Å². The molecule has 0 radical (unpaired) electrons. The molecule has 0 unspecified atom stereocenters. The molecule has 0 bridgehead atoms. The molecule has 1 aliphatic carbocycles. The van der Waals surface area contributed by atoms with Crippen LogP contribution < -0.4 is 20.1 Å². The molecule has 1 aliphatic heterocycles. The minimum atomic E-state index is -0.447. The zero-order valence-electron chi connectivity index (χ0n) is 21.9. The van der Waals surface area contributed by atoms with Gasteiger partial charge in [-0.2, -0.15) is 0 Å². The van der Waals surface area contributed by atoms with Crippen molar-refractivity contribution in [2.45, 2.75) is 59.5 Å². The van der Waals surface area contributed by atoms with Crippen LogP contribution in [0, 0.1) is 11.3 Å². The molecule has 0 fully saturated rings. The van der Waals surface area contributed by atoms with Gasteiger partial charge in [-0.15, -0.1) is 11.3 Å². The molecule has 6 nitrogen and oxygen atoms in total. The first-order valence-electron chi connectivity index (χ1n) is 13.1. The standard InChI is InChI=1S/C30H34N2O4S/c1-5-30(3,4)20-13-14-21-24(17-20)37-28-25(21)27(33)31-26(32-28)19-12-15-22(23(16-19)35-6-2)36-29(34)18-10-8-7-9-11-18/h7-12,15-16,20,26,32H,5-6,13-14,17H2,1-4H3,(H,31,33)/t20-,26-/m0/s1. The van der Waals surface area contributed by atoms with E-state index in [2.05, 4.69) is 31.4 Å². The molecule has 1 amide bonds. The van der Waals surface area contributed by atoms with Gasteiger partial charge in [0.15, 0.2) is 11.5 Å². The van der Waals surface area contributed by atoms with E-state index in [-0.39, 0.29) is 5.91 Å². The predicted octanol–water partition coefficient (Wildman–Crippen LogP) is 6.76. The maximum Gasteiger partial charge on any atom is 0.343 e. The zero-order valence-corrected chi connectivity index (χ0v) is 22.7. The van der Waals surface area contributed by atoms with Gasteiger partial charge in [0.1, 0.15) is 11.2 Å². The van der Waals surface area contributed by atoms with Crippen molar-refractivity contribution in [3.8, 4) is 11.5 Å². The Kier molecular flexibility index (Phi) is 6.99. The number of esters is 1. The van der Waals surface area contributed by atoms with E-state index < -0.39 is 12.1 Å². The molecule has 0 spiro atoms. The van der Waals surface area contributed by atoms with Crippen LogP contribution in [0.5, 0.6) is 11.5 Å².